The average molecular weight is 326 g/mol. The van der Waals surface area contributed by atoms with Gasteiger partial charge in [-0.15, -0.1) is 0 Å². The number of carbonyl (C=O) groups is 1. The van der Waals surface area contributed by atoms with Crippen LogP contribution in [0.5, 0.6) is 0 Å². The van der Waals surface area contributed by atoms with Gasteiger partial charge in [-0.25, -0.2) is 0 Å². The largest absolute Gasteiger partial charge is 0.388 e. The molecular formula is C17H24ClNO3. The standard InChI is InChI=1S/C17H24ClNO3/c1-2-17(22)10-11-19(12-15(17)20)16(21)5-3-4-13-6-8-14(18)9-7-13/h6-9,15,20,22H,2-5,10-12H2,1H3/t15-,17-/m1/s1. The van der Waals surface area contributed by atoms with Crippen molar-refractivity contribution in [2.45, 2.75) is 50.7 Å². The molecule has 22 heavy (non-hydrogen) atoms. The number of aliphatic hydroxyl groups excluding tert-OH is 1. The summed E-state index contributed by atoms with van der Waals surface area (Å²) in [4.78, 5) is 13.9. The molecule has 122 valence electrons. The molecule has 0 spiro atoms. The van der Waals surface area contributed by atoms with Gasteiger partial charge >= 0.3 is 0 Å². The molecule has 1 aromatic carbocycles. The predicted octanol–water partition coefficient (Wildman–Crippen LogP) is 2.40. The lowest BCUT2D eigenvalue weighted by molar-refractivity contribution is -0.150. The van der Waals surface area contributed by atoms with Crippen molar-refractivity contribution in [3.8, 4) is 0 Å². The summed E-state index contributed by atoms with van der Waals surface area (Å²) >= 11 is 5.84. The van der Waals surface area contributed by atoms with Gasteiger partial charge in [-0.05, 0) is 43.4 Å². The maximum absolute atomic E-state index is 12.2. The molecule has 4 nitrogen and oxygen atoms in total. The van der Waals surface area contributed by atoms with Crippen LogP contribution in [0, 0.1) is 0 Å². The molecule has 1 fully saturated rings. The summed E-state index contributed by atoms with van der Waals surface area (Å²) < 4.78 is 0. The van der Waals surface area contributed by atoms with Crippen LogP contribution in [0.2, 0.25) is 5.02 Å². The van der Waals surface area contributed by atoms with Crippen LogP contribution in [0.3, 0.4) is 0 Å². The molecule has 1 heterocycles. The number of aliphatic hydroxyl groups is 2. The predicted molar refractivity (Wildman–Crippen MR) is 86.8 cm³/mol. The normalized spacial score (nSPS) is 25.3. The Morgan fingerprint density at radius 3 is 2.68 bits per heavy atom. The summed E-state index contributed by atoms with van der Waals surface area (Å²) in [5.41, 5.74) is 0.122. The number of amides is 1. The second-order valence-corrected chi connectivity index (χ2v) is 6.48. The molecular weight excluding hydrogens is 302 g/mol. The van der Waals surface area contributed by atoms with Crippen LogP contribution < -0.4 is 0 Å². The van der Waals surface area contributed by atoms with Crippen LogP contribution in [-0.2, 0) is 11.2 Å². The molecule has 1 saturated heterocycles. The molecule has 0 saturated carbocycles. The zero-order chi connectivity index (χ0) is 16.2. The highest BCUT2D eigenvalue weighted by Gasteiger charge is 2.40. The minimum absolute atomic E-state index is 0.0474. The van der Waals surface area contributed by atoms with E-state index in [-0.39, 0.29) is 12.5 Å². The van der Waals surface area contributed by atoms with Crippen LogP contribution in [0.4, 0.5) is 0 Å². The molecule has 0 bridgehead atoms. The lowest BCUT2D eigenvalue weighted by Gasteiger charge is -2.41. The first kappa shape index (κ1) is 17.3. The summed E-state index contributed by atoms with van der Waals surface area (Å²) in [6, 6.07) is 7.65. The second-order valence-electron chi connectivity index (χ2n) is 6.04. The minimum atomic E-state index is -1.04. The van der Waals surface area contributed by atoms with E-state index in [1.165, 1.54) is 0 Å². The molecule has 1 aliphatic rings. The number of hydrogen-bond donors (Lipinski definition) is 2. The number of rotatable bonds is 5. The van der Waals surface area contributed by atoms with Gasteiger partial charge in [0.15, 0.2) is 0 Å². The Bertz CT molecular complexity index is 505. The molecule has 2 atom stereocenters. The lowest BCUT2D eigenvalue weighted by Crippen LogP contribution is -2.56. The van der Waals surface area contributed by atoms with Gasteiger partial charge in [0.1, 0.15) is 6.10 Å². The van der Waals surface area contributed by atoms with Gasteiger partial charge in [0.2, 0.25) is 5.91 Å². The first-order chi connectivity index (χ1) is 10.4. The van der Waals surface area contributed by atoms with Gasteiger partial charge in [-0.2, -0.15) is 0 Å². The van der Waals surface area contributed by atoms with Crippen LogP contribution in [-0.4, -0.2) is 45.8 Å². The summed E-state index contributed by atoms with van der Waals surface area (Å²) in [7, 11) is 0. The third kappa shape index (κ3) is 4.22. The van der Waals surface area contributed by atoms with Gasteiger partial charge in [0, 0.05) is 24.5 Å². The number of carbonyl (C=O) groups excluding carboxylic acids is 1. The maximum Gasteiger partial charge on any atom is 0.222 e. The summed E-state index contributed by atoms with van der Waals surface area (Å²) in [6.45, 7) is 2.60. The van der Waals surface area contributed by atoms with Crippen molar-refractivity contribution in [1.82, 2.24) is 4.90 Å². The molecule has 1 aromatic rings. The Balaban J connectivity index is 1.77. The number of nitrogens with zero attached hydrogens (tertiary/aromatic N) is 1. The van der Waals surface area contributed by atoms with Crippen LogP contribution in [0.25, 0.3) is 0 Å². The van der Waals surface area contributed by atoms with Crippen molar-refractivity contribution in [3.05, 3.63) is 34.9 Å². The number of piperidine rings is 1. The molecule has 0 unspecified atom stereocenters. The third-order valence-electron chi connectivity index (χ3n) is 4.56. The van der Waals surface area contributed by atoms with E-state index in [1.54, 1.807) is 4.90 Å². The van der Waals surface area contributed by atoms with Crippen molar-refractivity contribution >= 4 is 17.5 Å². The fraction of sp³-hybridized carbons (Fsp3) is 0.588. The Kier molecular flexibility index (Phi) is 5.84. The topological polar surface area (TPSA) is 60.8 Å². The molecule has 2 N–H and O–H groups in total. The number of halogens is 1. The SMILES string of the molecule is CC[C@@]1(O)CCN(C(=O)CCCc2ccc(Cl)cc2)C[C@H]1O. The highest BCUT2D eigenvalue weighted by atomic mass is 35.5. The molecule has 0 aromatic heterocycles. The smallest absolute Gasteiger partial charge is 0.222 e. The summed E-state index contributed by atoms with van der Waals surface area (Å²) in [5, 5.41) is 20.9. The van der Waals surface area contributed by atoms with Crippen molar-refractivity contribution in [3.63, 3.8) is 0 Å². The van der Waals surface area contributed by atoms with E-state index < -0.39 is 11.7 Å². The zero-order valence-corrected chi connectivity index (χ0v) is 13.7. The van der Waals surface area contributed by atoms with Gasteiger partial charge in [0.25, 0.3) is 0 Å². The second kappa shape index (κ2) is 7.44. The van der Waals surface area contributed by atoms with Gasteiger partial charge < -0.3 is 15.1 Å². The summed E-state index contributed by atoms with van der Waals surface area (Å²) in [5.74, 6) is 0.0474. The van der Waals surface area contributed by atoms with Crippen molar-refractivity contribution < 1.29 is 15.0 Å². The molecule has 5 heteroatoms. The third-order valence-corrected chi connectivity index (χ3v) is 4.81. The monoisotopic (exact) mass is 325 g/mol. The number of likely N-dealkylation sites (tertiary alicyclic amines) is 1. The number of benzene rings is 1. The molecule has 1 aliphatic heterocycles. The zero-order valence-electron chi connectivity index (χ0n) is 13.0. The van der Waals surface area contributed by atoms with E-state index in [1.807, 2.05) is 31.2 Å². The Morgan fingerprint density at radius 1 is 1.41 bits per heavy atom. The van der Waals surface area contributed by atoms with Crippen LogP contribution >= 0.6 is 11.6 Å². The fourth-order valence-corrected chi connectivity index (χ4v) is 2.98. The van der Waals surface area contributed by atoms with E-state index in [2.05, 4.69) is 0 Å². The van der Waals surface area contributed by atoms with E-state index in [0.29, 0.717) is 30.8 Å². The van der Waals surface area contributed by atoms with E-state index in [4.69, 9.17) is 11.6 Å². The minimum Gasteiger partial charge on any atom is -0.388 e. The Morgan fingerprint density at radius 2 is 2.09 bits per heavy atom. The molecule has 2 rings (SSSR count). The molecule has 0 aliphatic carbocycles. The molecule has 0 radical (unpaired) electrons. The number of hydrogen-bond acceptors (Lipinski definition) is 3. The highest BCUT2D eigenvalue weighted by Crippen LogP contribution is 2.26. The van der Waals surface area contributed by atoms with E-state index in [0.717, 1.165) is 18.4 Å². The van der Waals surface area contributed by atoms with Crippen molar-refractivity contribution in [2.24, 2.45) is 0 Å². The molecule has 1 amide bonds. The summed E-state index contributed by atoms with van der Waals surface area (Å²) in [6.07, 6.45) is 2.15. The number of β-amino-alcohol motifs (C(OH)–C–C–N with tert-alkyl or cyclic N) is 1. The maximum atomic E-state index is 12.2. The highest BCUT2D eigenvalue weighted by molar-refractivity contribution is 6.30. The quantitative estimate of drug-likeness (QED) is 0.874. The van der Waals surface area contributed by atoms with Crippen molar-refractivity contribution in [2.75, 3.05) is 13.1 Å². The first-order valence-corrected chi connectivity index (χ1v) is 8.25. The number of aryl methyl sites for hydroxylation is 1. The van der Waals surface area contributed by atoms with Crippen LogP contribution in [0.1, 0.15) is 38.2 Å². The van der Waals surface area contributed by atoms with Crippen molar-refractivity contribution in [1.29, 1.82) is 0 Å². The first-order valence-electron chi connectivity index (χ1n) is 7.87. The van der Waals surface area contributed by atoms with Gasteiger partial charge in [-0.1, -0.05) is 30.7 Å². The van der Waals surface area contributed by atoms with E-state index in [9.17, 15) is 15.0 Å². The van der Waals surface area contributed by atoms with E-state index >= 15 is 0 Å². The fourth-order valence-electron chi connectivity index (χ4n) is 2.86. The van der Waals surface area contributed by atoms with Gasteiger partial charge in [-0.3, -0.25) is 4.79 Å². The van der Waals surface area contributed by atoms with Gasteiger partial charge in [0.05, 0.1) is 5.60 Å². The lowest BCUT2D eigenvalue weighted by atomic mass is 9.86. The Hall–Kier alpha value is -1.10. The average Bonchev–Trinajstić information content (AvgIpc) is 2.52. The van der Waals surface area contributed by atoms with Crippen LogP contribution in [0.15, 0.2) is 24.3 Å². The Labute approximate surface area is 136 Å².